The van der Waals surface area contributed by atoms with Crippen LogP contribution < -0.4 is 4.90 Å². The number of nitrogens with one attached hydrogen (secondary N) is 1. The van der Waals surface area contributed by atoms with Gasteiger partial charge in [-0.3, -0.25) is 14.7 Å². The molecule has 1 unspecified atom stereocenters. The van der Waals surface area contributed by atoms with Gasteiger partial charge in [-0.05, 0) is 49.2 Å². The molecule has 4 rings (SSSR count). The minimum absolute atomic E-state index is 0.0603. The number of aromatic amines is 1. The van der Waals surface area contributed by atoms with Crippen LogP contribution >= 0.6 is 0 Å². The highest BCUT2D eigenvalue weighted by Gasteiger charge is 2.34. The lowest BCUT2D eigenvalue weighted by atomic mass is 10.1. The molecule has 1 atom stereocenters. The number of nitrogens with zero attached hydrogens (tertiary/aromatic N) is 3. The van der Waals surface area contributed by atoms with E-state index < -0.39 is 0 Å². The topological polar surface area (TPSA) is 69.3 Å². The van der Waals surface area contributed by atoms with Crippen LogP contribution in [0.4, 0.5) is 5.69 Å². The minimum Gasteiger partial charge on any atom is -0.325 e. The predicted octanol–water partition coefficient (Wildman–Crippen LogP) is 3.26. The van der Waals surface area contributed by atoms with Crippen molar-refractivity contribution < 1.29 is 9.59 Å². The second kappa shape index (κ2) is 7.31. The highest BCUT2D eigenvalue weighted by molar-refractivity contribution is 6.02. The molecule has 0 spiro atoms. The lowest BCUT2D eigenvalue weighted by Crippen LogP contribution is -2.57. The molecule has 1 saturated heterocycles. The maximum absolute atomic E-state index is 13.0. The lowest BCUT2D eigenvalue weighted by Gasteiger charge is -2.40. The van der Waals surface area contributed by atoms with E-state index in [4.69, 9.17) is 0 Å². The molecule has 1 fully saturated rings. The Balaban J connectivity index is 1.51. The number of carbonyl (C=O) groups excluding carboxylic acids is 2. The van der Waals surface area contributed by atoms with Crippen LogP contribution in [0.25, 0.3) is 11.3 Å². The summed E-state index contributed by atoms with van der Waals surface area (Å²) in [5, 5.41) is 6.85. The quantitative estimate of drug-likeness (QED) is 0.765. The molecule has 1 aromatic heterocycles. The summed E-state index contributed by atoms with van der Waals surface area (Å²) in [6.07, 6.45) is 1.69. The van der Waals surface area contributed by atoms with Gasteiger partial charge in [-0.1, -0.05) is 30.3 Å². The Hall–Kier alpha value is -3.41. The van der Waals surface area contributed by atoms with Crippen molar-refractivity contribution in [1.82, 2.24) is 15.1 Å². The van der Waals surface area contributed by atoms with Crippen molar-refractivity contribution in [3.8, 4) is 11.3 Å². The van der Waals surface area contributed by atoms with Crippen LogP contribution in [0.2, 0.25) is 0 Å². The zero-order valence-corrected chi connectivity index (χ0v) is 15.9. The Labute approximate surface area is 163 Å². The van der Waals surface area contributed by atoms with E-state index >= 15 is 0 Å². The van der Waals surface area contributed by atoms with Crippen LogP contribution in [0.5, 0.6) is 0 Å². The number of H-pyrrole nitrogens is 1. The van der Waals surface area contributed by atoms with Crippen LogP contribution in [-0.4, -0.2) is 46.0 Å². The molecule has 2 heterocycles. The number of piperazine rings is 1. The maximum Gasteiger partial charge on any atom is 0.254 e. The number of anilines is 1. The fourth-order valence-electron chi connectivity index (χ4n) is 3.60. The molecule has 0 aliphatic carbocycles. The predicted molar refractivity (Wildman–Crippen MR) is 108 cm³/mol. The fraction of sp³-hybridized carbons (Fsp3) is 0.227. The van der Waals surface area contributed by atoms with E-state index in [-0.39, 0.29) is 24.4 Å². The van der Waals surface area contributed by atoms with Gasteiger partial charge in [-0.2, -0.15) is 5.10 Å². The van der Waals surface area contributed by atoms with Gasteiger partial charge in [0.05, 0.1) is 5.69 Å². The number of aromatic nitrogens is 2. The summed E-state index contributed by atoms with van der Waals surface area (Å²) >= 11 is 0. The van der Waals surface area contributed by atoms with Crippen molar-refractivity contribution in [1.29, 1.82) is 0 Å². The smallest absolute Gasteiger partial charge is 0.254 e. The normalized spacial score (nSPS) is 17.1. The third-order valence-electron chi connectivity index (χ3n) is 5.20. The number of benzene rings is 2. The van der Waals surface area contributed by atoms with Crippen LogP contribution in [0.3, 0.4) is 0 Å². The van der Waals surface area contributed by atoms with Gasteiger partial charge < -0.3 is 9.80 Å². The second-order valence-electron chi connectivity index (χ2n) is 7.12. The third kappa shape index (κ3) is 3.29. The minimum atomic E-state index is -0.124. The summed E-state index contributed by atoms with van der Waals surface area (Å²) < 4.78 is 0. The second-order valence-corrected chi connectivity index (χ2v) is 7.12. The molecule has 1 N–H and O–H groups in total. The summed E-state index contributed by atoms with van der Waals surface area (Å²) in [6.45, 7) is 4.54. The highest BCUT2D eigenvalue weighted by Crippen LogP contribution is 2.25. The van der Waals surface area contributed by atoms with Gasteiger partial charge in [-0.25, -0.2) is 0 Å². The van der Waals surface area contributed by atoms with Crippen molar-refractivity contribution in [2.75, 3.05) is 18.0 Å². The average Bonchev–Trinajstić information content (AvgIpc) is 3.24. The van der Waals surface area contributed by atoms with E-state index in [1.54, 1.807) is 28.1 Å². The van der Waals surface area contributed by atoms with Gasteiger partial charge in [0.25, 0.3) is 5.91 Å². The van der Waals surface area contributed by atoms with Crippen LogP contribution in [0.1, 0.15) is 22.8 Å². The lowest BCUT2D eigenvalue weighted by molar-refractivity contribution is -0.121. The zero-order valence-electron chi connectivity index (χ0n) is 15.9. The van der Waals surface area contributed by atoms with Gasteiger partial charge in [-0.15, -0.1) is 0 Å². The number of hydrogen-bond donors (Lipinski definition) is 1. The Morgan fingerprint density at radius 3 is 2.54 bits per heavy atom. The van der Waals surface area contributed by atoms with E-state index in [0.717, 1.165) is 22.5 Å². The molecular weight excluding hydrogens is 352 g/mol. The SMILES string of the molecule is Cc1ccccc1N1CC(C)N(C(=O)c2ccc(-c3ccn[nH]3)cc2)CC1=O. The van der Waals surface area contributed by atoms with Crippen LogP contribution in [0, 0.1) is 6.92 Å². The van der Waals surface area contributed by atoms with Crippen molar-refractivity contribution >= 4 is 17.5 Å². The first-order valence-electron chi connectivity index (χ1n) is 9.31. The Bertz CT molecular complexity index is 996. The molecule has 1 aliphatic rings. The van der Waals surface area contributed by atoms with E-state index in [0.29, 0.717) is 12.1 Å². The molecule has 0 bridgehead atoms. The zero-order chi connectivity index (χ0) is 19.7. The molecule has 1 aliphatic heterocycles. The van der Waals surface area contributed by atoms with Gasteiger partial charge in [0.2, 0.25) is 5.91 Å². The Kier molecular flexibility index (Phi) is 4.69. The average molecular weight is 374 g/mol. The molecule has 3 aromatic rings. The van der Waals surface area contributed by atoms with Gasteiger partial charge in [0.15, 0.2) is 0 Å². The maximum atomic E-state index is 13.0. The van der Waals surface area contributed by atoms with Crippen molar-refractivity contribution in [3.63, 3.8) is 0 Å². The molecule has 28 heavy (non-hydrogen) atoms. The van der Waals surface area contributed by atoms with Crippen LogP contribution in [-0.2, 0) is 4.79 Å². The number of rotatable bonds is 3. The Morgan fingerprint density at radius 1 is 1.11 bits per heavy atom. The van der Waals surface area contributed by atoms with Gasteiger partial charge >= 0.3 is 0 Å². The monoisotopic (exact) mass is 374 g/mol. The number of para-hydroxylation sites is 1. The first-order valence-corrected chi connectivity index (χ1v) is 9.31. The summed E-state index contributed by atoms with van der Waals surface area (Å²) in [4.78, 5) is 29.2. The summed E-state index contributed by atoms with van der Waals surface area (Å²) in [5.41, 5.74) is 4.40. The van der Waals surface area contributed by atoms with Crippen molar-refractivity contribution in [2.45, 2.75) is 19.9 Å². The van der Waals surface area contributed by atoms with E-state index in [9.17, 15) is 9.59 Å². The largest absolute Gasteiger partial charge is 0.325 e. The van der Waals surface area contributed by atoms with Crippen molar-refractivity contribution in [3.05, 3.63) is 71.9 Å². The molecule has 2 amide bonds. The Morgan fingerprint density at radius 2 is 1.86 bits per heavy atom. The van der Waals surface area contributed by atoms with E-state index in [1.807, 2.05) is 56.3 Å². The molecule has 2 aromatic carbocycles. The molecule has 6 nitrogen and oxygen atoms in total. The number of amides is 2. The van der Waals surface area contributed by atoms with Gasteiger partial charge in [0.1, 0.15) is 6.54 Å². The number of aryl methyl sites for hydroxylation is 1. The number of hydrogen-bond acceptors (Lipinski definition) is 3. The molecular formula is C22H22N4O2. The standard InChI is InChI=1S/C22H22N4O2/c1-15-5-3-4-6-20(15)26-13-16(2)25(14-21(26)27)22(28)18-9-7-17(8-10-18)19-11-12-23-24-19/h3-12,16H,13-14H2,1-2H3,(H,23,24). The molecule has 6 heteroatoms. The van der Waals surface area contributed by atoms with E-state index in [1.165, 1.54) is 0 Å². The van der Waals surface area contributed by atoms with Crippen LogP contribution in [0.15, 0.2) is 60.8 Å². The summed E-state index contributed by atoms with van der Waals surface area (Å²) in [6, 6.07) is 17.0. The molecule has 142 valence electrons. The first kappa shape index (κ1) is 18.0. The fourth-order valence-corrected chi connectivity index (χ4v) is 3.60. The summed E-state index contributed by atoms with van der Waals surface area (Å²) in [7, 11) is 0. The summed E-state index contributed by atoms with van der Waals surface area (Å²) in [5.74, 6) is -0.184. The van der Waals surface area contributed by atoms with E-state index in [2.05, 4.69) is 10.2 Å². The number of carbonyl (C=O) groups is 2. The molecule has 0 saturated carbocycles. The first-order chi connectivity index (χ1) is 13.5. The molecule has 0 radical (unpaired) electrons. The highest BCUT2D eigenvalue weighted by atomic mass is 16.2. The van der Waals surface area contributed by atoms with Gasteiger partial charge in [0, 0.05) is 30.0 Å². The van der Waals surface area contributed by atoms with Crippen molar-refractivity contribution in [2.24, 2.45) is 0 Å². The third-order valence-corrected chi connectivity index (χ3v) is 5.20.